The van der Waals surface area contributed by atoms with Gasteiger partial charge in [0.05, 0.1) is 15.3 Å². The Balaban J connectivity index is 3.31. The van der Waals surface area contributed by atoms with Crippen LogP contribution in [0.1, 0.15) is 6.92 Å². The van der Waals surface area contributed by atoms with E-state index in [1.165, 1.54) is 9.76 Å². The highest BCUT2D eigenvalue weighted by Gasteiger charge is 2.00. The van der Waals surface area contributed by atoms with E-state index in [9.17, 15) is 4.79 Å². The van der Waals surface area contributed by atoms with Gasteiger partial charge in [-0.25, -0.2) is 4.79 Å². The average molecular weight is 190 g/mol. The summed E-state index contributed by atoms with van der Waals surface area (Å²) in [5.74, 6) is -0.211. The van der Waals surface area contributed by atoms with Crippen molar-refractivity contribution >= 4 is 33.3 Å². The molecule has 0 unspecified atom stereocenters. The first kappa shape index (κ1) is 9.86. The van der Waals surface area contributed by atoms with Crippen LogP contribution in [0.15, 0.2) is 12.2 Å². The van der Waals surface area contributed by atoms with Gasteiger partial charge in [-0.2, -0.15) is 0 Å². The summed E-state index contributed by atoms with van der Waals surface area (Å²) in [7, 11) is 1.76. The molecule has 0 aliphatic heterocycles. The first-order valence-electron chi connectivity index (χ1n) is 3.51. The lowest BCUT2D eigenvalue weighted by atomic mass is 10.4. The number of hydrogen-bond donors (Lipinski definition) is 0. The molecule has 0 bridgehead atoms. The van der Waals surface area contributed by atoms with Crippen molar-refractivity contribution in [3.63, 3.8) is 0 Å². The van der Waals surface area contributed by atoms with Crippen LogP contribution in [0, 0.1) is 0 Å². The molecule has 0 aliphatic carbocycles. The molecule has 0 N–H and O–H groups in total. The van der Waals surface area contributed by atoms with Crippen molar-refractivity contribution in [1.29, 1.82) is 0 Å². The van der Waals surface area contributed by atoms with Gasteiger partial charge >= 0.3 is 5.97 Å². The van der Waals surface area contributed by atoms with Crippen molar-refractivity contribution in [3.05, 3.63) is 12.2 Å². The Hall–Kier alpha value is -0.139. The van der Waals surface area contributed by atoms with Crippen LogP contribution in [-0.2, 0) is 9.53 Å². The van der Waals surface area contributed by atoms with E-state index in [0.29, 0.717) is 14.1 Å². The van der Waals surface area contributed by atoms with Crippen LogP contribution in [0.4, 0.5) is 0 Å². The van der Waals surface area contributed by atoms with E-state index in [0.717, 1.165) is 6.23 Å². The highest BCUT2D eigenvalue weighted by atomic mass is 29.5. The lowest BCUT2D eigenvalue weighted by Crippen LogP contribution is -2.15. The van der Waals surface area contributed by atoms with Gasteiger partial charge in [-0.1, -0.05) is 6.58 Å². The monoisotopic (exact) mass is 190 g/mol. The first-order valence-corrected chi connectivity index (χ1v) is 14.2. The summed E-state index contributed by atoms with van der Waals surface area (Å²) >= 11 is 0. The molecule has 0 aliphatic rings. The van der Waals surface area contributed by atoms with Crippen LogP contribution in [0.5, 0.6) is 0 Å². The molecule has 58 valence electrons. The van der Waals surface area contributed by atoms with E-state index in [4.69, 9.17) is 4.74 Å². The molecule has 5 heteroatoms. The number of esters is 1. The van der Waals surface area contributed by atoms with Gasteiger partial charge in [0.15, 0.2) is 0 Å². The van der Waals surface area contributed by atoms with Crippen LogP contribution in [0.3, 0.4) is 0 Å². The Morgan fingerprint density at radius 3 is 2.80 bits per heavy atom. The van der Waals surface area contributed by atoms with Crippen molar-refractivity contribution in [3.8, 4) is 0 Å². The quantitative estimate of drug-likeness (QED) is 0.214. The lowest BCUT2D eigenvalue weighted by Gasteiger charge is -2.00. The van der Waals surface area contributed by atoms with Crippen molar-refractivity contribution in [2.75, 3.05) is 6.23 Å². The van der Waals surface area contributed by atoms with E-state index in [1.807, 2.05) is 0 Å². The van der Waals surface area contributed by atoms with Gasteiger partial charge in [0.25, 0.3) is 0 Å². The standard InChI is InChI=1S/C5H14O2Si3/c1-4(2)5(6)7-3-9-10-8/h1,3,9-10H2,2,8H3. The molecule has 2 nitrogen and oxygen atoms in total. The largest absolute Gasteiger partial charge is 0.467 e. The third kappa shape index (κ3) is 4.71. The van der Waals surface area contributed by atoms with Crippen LogP contribution < -0.4 is 0 Å². The maximum absolute atomic E-state index is 10.7. The normalized spacial score (nSPS) is 11.7. The second kappa shape index (κ2) is 5.63. The molecule has 0 spiro atoms. The molecule has 0 saturated heterocycles. The van der Waals surface area contributed by atoms with Crippen LogP contribution in [0.25, 0.3) is 0 Å². The molecule has 0 saturated carbocycles. The molecule has 0 aromatic rings. The minimum absolute atomic E-state index is 0.0634. The van der Waals surface area contributed by atoms with Gasteiger partial charge in [0.1, 0.15) is 0 Å². The van der Waals surface area contributed by atoms with Crippen LogP contribution in [-0.4, -0.2) is 39.6 Å². The number of ether oxygens (including phenoxy) is 1. The lowest BCUT2D eigenvalue weighted by molar-refractivity contribution is -0.136. The van der Waals surface area contributed by atoms with E-state index >= 15 is 0 Å². The molecule has 0 radical (unpaired) electrons. The molecule has 0 rings (SSSR count). The summed E-state index contributed by atoms with van der Waals surface area (Å²) in [6, 6.07) is 0. The number of hydrogen-bond acceptors (Lipinski definition) is 2. The predicted molar refractivity (Wildman–Crippen MR) is 52.8 cm³/mol. The smallest absolute Gasteiger partial charge is 0.332 e. The molecule has 0 aromatic carbocycles. The third-order valence-corrected chi connectivity index (χ3v) is 11.6. The van der Waals surface area contributed by atoms with Gasteiger partial charge in [-0.3, -0.25) is 0 Å². The van der Waals surface area contributed by atoms with E-state index in [-0.39, 0.29) is 15.0 Å². The topological polar surface area (TPSA) is 26.3 Å². The SMILES string of the molecule is C=C(C)C(=O)OC[SiH2][SiH2][SiH3]. The van der Waals surface area contributed by atoms with Gasteiger partial charge in [0.2, 0.25) is 0 Å². The Labute approximate surface area is 68.7 Å². The van der Waals surface area contributed by atoms with Gasteiger partial charge < -0.3 is 4.74 Å². The van der Waals surface area contributed by atoms with Crippen LogP contribution in [0.2, 0.25) is 0 Å². The Morgan fingerprint density at radius 1 is 1.80 bits per heavy atom. The predicted octanol–water partition coefficient (Wildman–Crippen LogP) is -2.40. The number of carbonyl (C=O) groups is 1. The van der Waals surface area contributed by atoms with Crippen molar-refractivity contribution in [2.45, 2.75) is 6.92 Å². The highest BCUT2D eigenvalue weighted by Crippen LogP contribution is 1.89. The summed E-state index contributed by atoms with van der Waals surface area (Å²) < 4.78 is 4.92. The van der Waals surface area contributed by atoms with Gasteiger partial charge in [-0.05, 0) is 25.2 Å². The molecule has 10 heavy (non-hydrogen) atoms. The minimum atomic E-state index is -0.211. The van der Waals surface area contributed by atoms with E-state index < -0.39 is 0 Å². The Morgan fingerprint density at radius 2 is 2.40 bits per heavy atom. The molecule has 0 fully saturated rings. The molecular weight excluding hydrogens is 176 g/mol. The van der Waals surface area contributed by atoms with Crippen molar-refractivity contribution in [2.24, 2.45) is 0 Å². The zero-order valence-electron chi connectivity index (χ0n) is 6.64. The second-order valence-corrected chi connectivity index (χ2v) is 18.5. The fourth-order valence-electron chi connectivity index (χ4n) is 0.432. The van der Waals surface area contributed by atoms with Gasteiger partial charge in [0, 0.05) is 5.57 Å². The van der Waals surface area contributed by atoms with Gasteiger partial charge in [-0.15, -0.1) is 0 Å². The fraction of sp³-hybridized carbons (Fsp3) is 0.400. The number of carbonyl (C=O) groups excluding carboxylic acids is 1. The zero-order valence-corrected chi connectivity index (χ0v) is 11.5. The summed E-state index contributed by atoms with van der Waals surface area (Å²) in [5.41, 5.74) is 0.518. The molecule has 0 aromatic heterocycles. The van der Waals surface area contributed by atoms with Crippen molar-refractivity contribution in [1.82, 2.24) is 0 Å². The highest BCUT2D eigenvalue weighted by molar-refractivity contribution is 7.23. The van der Waals surface area contributed by atoms with E-state index in [1.54, 1.807) is 6.92 Å². The maximum atomic E-state index is 10.7. The summed E-state index contributed by atoms with van der Waals surface area (Å²) in [4.78, 5) is 10.7. The minimum Gasteiger partial charge on any atom is -0.467 e. The molecular formula is C5H14O2Si3. The fourth-order valence-corrected chi connectivity index (χ4v) is 4.95. The van der Waals surface area contributed by atoms with Crippen molar-refractivity contribution < 1.29 is 9.53 Å². The Kier molecular flexibility index (Phi) is 5.55. The maximum Gasteiger partial charge on any atom is 0.332 e. The second-order valence-electron chi connectivity index (χ2n) is 2.27. The zero-order chi connectivity index (χ0) is 7.98. The summed E-state index contributed by atoms with van der Waals surface area (Å²) in [6.07, 6.45) is 0.751. The van der Waals surface area contributed by atoms with E-state index in [2.05, 4.69) is 6.58 Å². The molecule has 0 heterocycles. The summed E-state index contributed by atoms with van der Waals surface area (Å²) in [5, 5.41) is 0. The summed E-state index contributed by atoms with van der Waals surface area (Å²) in [6.45, 7) is 5.18. The first-order chi connectivity index (χ1) is 4.68. The Bertz CT molecular complexity index is 135. The van der Waals surface area contributed by atoms with Crippen LogP contribution >= 0.6 is 0 Å². The average Bonchev–Trinajstić information content (AvgIpc) is 1.88. The number of rotatable bonds is 4. The third-order valence-electron chi connectivity index (χ3n) is 1.08. The molecule has 0 amide bonds. The molecule has 0 atom stereocenters.